The number of halogens is 2. The van der Waals surface area contributed by atoms with E-state index in [4.69, 9.17) is 23.2 Å². The lowest BCUT2D eigenvalue weighted by Gasteiger charge is -2.07. The van der Waals surface area contributed by atoms with E-state index in [1.54, 1.807) is 22.7 Å². The summed E-state index contributed by atoms with van der Waals surface area (Å²) in [4.78, 5) is 3.63. The van der Waals surface area contributed by atoms with Crippen LogP contribution in [0.25, 0.3) is 0 Å². The third-order valence-corrected chi connectivity index (χ3v) is 5.85. The molecule has 2 rings (SSSR count). The Labute approximate surface area is 114 Å². The molecule has 0 amide bonds. The van der Waals surface area contributed by atoms with Crippen molar-refractivity contribution in [3.05, 3.63) is 42.2 Å². The maximum Gasteiger partial charge on any atom is 0.0953 e. The van der Waals surface area contributed by atoms with Gasteiger partial charge in [0.1, 0.15) is 0 Å². The molecular weight excluding hydrogens is 279 g/mol. The normalized spacial score (nSPS) is 13.1. The van der Waals surface area contributed by atoms with Crippen molar-refractivity contribution in [2.24, 2.45) is 0 Å². The zero-order valence-corrected chi connectivity index (χ0v) is 12.4. The van der Waals surface area contributed by atoms with Crippen molar-refractivity contribution in [3.63, 3.8) is 0 Å². The molecule has 0 spiro atoms. The van der Waals surface area contributed by atoms with Gasteiger partial charge in [-0.2, -0.15) is 0 Å². The molecule has 0 fully saturated rings. The summed E-state index contributed by atoms with van der Waals surface area (Å²) in [7, 11) is 0. The standard InChI is InChI=1S/C12H12Cl2S2/c1-6-5-15-12(10(6)13)11(14)9-4-7(2)16-8(9)3/h4-5,11H,1-3H3. The molecule has 0 aromatic carbocycles. The summed E-state index contributed by atoms with van der Waals surface area (Å²) in [5, 5.41) is 2.76. The minimum Gasteiger partial charge on any atom is -0.146 e. The summed E-state index contributed by atoms with van der Waals surface area (Å²) in [6, 6.07) is 2.16. The molecular formula is C12H12Cl2S2. The van der Waals surface area contributed by atoms with Gasteiger partial charge >= 0.3 is 0 Å². The monoisotopic (exact) mass is 290 g/mol. The number of hydrogen-bond donors (Lipinski definition) is 0. The Kier molecular flexibility index (Phi) is 3.65. The molecule has 0 nitrogen and oxygen atoms in total. The second-order valence-corrected chi connectivity index (χ2v) is 7.01. The maximum atomic E-state index is 6.50. The third kappa shape index (κ3) is 2.17. The van der Waals surface area contributed by atoms with Crippen molar-refractivity contribution in [3.8, 4) is 0 Å². The van der Waals surface area contributed by atoms with Gasteiger partial charge in [0.25, 0.3) is 0 Å². The Morgan fingerprint density at radius 3 is 2.38 bits per heavy atom. The van der Waals surface area contributed by atoms with E-state index in [9.17, 15) is 0 Å². The van der Waals surface area contributed by atoms with Gasteiger partial charge in [0.2, 0.25) is 0 Å². The molecule has 2 heterocycles. The molecule has 0 aliphatic carbocycles. The fraction of sp³-hybridized carbons (Fsp3) is 0.333. The predicted octanol–water partition coefficient (Wildman–Crippen LogP) is 5.72. The Hall–Kier alpha value is -0.0200. The molecule has 0 aliphatic rings. The van der Waals surface area contributed by atoms with E-state index in [0.29, 0.717) is 0 Å². The summed E-state index contributed by atoms with van der Waals surface area (Å²) in [5.74, 6) is 0. The Balaban J connectivity index is 2.42. The number of alkyl halides is 1. The average molecular weight is 291 g/mol. The summed E-state index contributed by atoms with van der Waals surface area (Å²) < 4.78 is 0. The maximum absolute atomic E-state index is 6.50. The molecule has 4 heteroatoms. The highest BCUT2D eigenvalue weighted by atomic mass is 35.5. The van der Waals surface area contributed by atoms with Gasteiger partial charge in [-0.25, -0.2) is 0 Å². The summed E-state index contributed by atoms with van der Waals surface area (Å²) in [6.07, 6.45) is 0. The molecule has 1 unspecified atom stereocenters. The van der Waals surface area contributed by atoms with Crippen molar-refractivity contribution in [2.75, 3.05) is 0 Å². The molecule has 16 heavy (non-hydrogen) atoms. The Morgan fingerprint density at radius 2 is 1.94 bits per heavy atom. The van der Waals surface area contributed by atoms with Crippen LogP contribution in [0.4, 0.5) is 0 Å². The van der Waals surface area contributed by atoms with E-state index < -0.39 is 0 Å². The van der Waals surface area contributed by atoms with Crippen LogP contribution in [0.1, 0.15) is 31.1 Å². The first-order chi connectivity index (χ1) is 7.50. The number of hydrogen-bond acceptors (Lipinski definition) is 2. The van der Waals surface area contributed by atoms with Gasteiger partial charge in [-0.1, -0.05) is 11.6 Å². The van der Waals surface area contributed by atoms with Crippen molar-refractivity contribution in [1.82, 2.24) is 0 Å². The summed E-state index contributed by atoms with van der Waals surface area (Å²) >= 11 is 16.2. The van der Waals surface area contributed by atoms with E-state index >= 15 is 0 Å². The zero-order chi connectivity index (χ0) is 11.9. The number of aryl methyl sites for hydroxylation is 3. The van der Waals surface area contributed by atoms with Crippen LogP contribution in [0, 0.1) is 20.8 Å². The van der Waals surface area contributed by atoms with Crippen LogP contribution >= 0.6 is 45.9 Å². The van der Waals surface area contributed by atoms with Crippen LogP contribution in [-0.2, 0) is 0 Å². The lowest BCUT2D eigenvalue weighted by atomic mass is 10.1. The second-order valence-electron chi connectivity index (χ2n) is 3.83. The molecule has 0 radical (unpaired) electrons. The quantitative estimate of drug-likeness (QED) is 0.621. The number of thiophene rings is 2. The van der Waals surface area contributed by atoms with Crippen LogP contribution in [0.5, 0.6) is 0 Å². The molecule has 1 atom stereocenters. The van der Waals surface area contributed by atoms with Crippen molar-refractivity contribution < 1.29 is 0 Å². The van der Waals surface area contributed by atoms with Crippen molar-refractivity contribution >= 4 is 45.9 Å². The molecule has 0 saturated heterocycles. The van der Waals surface area contributed by atoms with Gasteiger partial charge in [0, 0.05) is 14.6 Å². The Morgan fingerprint density at radius 1 is 1.25 bits per heavy atom. The van der Waals surface area contributed by atoms with E-state index in [-0.39, 0.29) is 5.38 Å². The minimum atomic E-state index is -0.115. The van der Waals surface area contributed by atoms with Crippen LogP contribution < -0.4 is 0 Å². The molecule has 0 saturated carbocycles. The van der Waals surface area contributed by atoms with Crippen LogP contribution in [0.2, 0.25) is 5.02 Å². The van der Waals surface area contributed by atoms with E-state index in [1.165, 1.54) is 15.3 Å². The first kappa shape index (κ1) is 12.4. The molecule has 86 valence electrons. The molecule has 0 N–H and O–H groups in total. The van der Waals surface area contributed by atoms with Crippen molar-refractivity contribution in [2.45, 2.75) is 26.1 Å². The van der Waals surface area contributed by atoms with Gasteiger partial charge < -0.3 is 0 Å². The lowest BCUT2D eigenvalue weighted by molar-refractivity contribution is 1.17. The highest BCUT2D eigenvalue weighted by Crippen LogP contribution is 2.42. The van der Waals surface area contributed by atoms with Crippen LogP contribution in [0.3, 0.4) is 0 Å². The van der Waals surface area contributed by atoms with Crippen LogP contribution in [0.15, 0.2) is 11.4 Å². The zero-order valence-electron chi connectivity index (χ0n) is 9.30. The van der Waals surface area contributed by atoms with Gasteiger partial charge in [-0.15, -0.1) is 34.3 Å². The smallest absolute Gasteiger partial charge is 0.0953 e. The third-order valence-electron chi connectivity index (χ3n) is 2.51. The topological polar surface area (TPSA) is 0 Å². The lowest BCUT2D eigenvalue weighted by Crippen LogP contribution is -1.90. The molecule has 2 aromatic heterocycles. The average Bonchev–Trinajstić information content (AvgIpc) is 2.71. The number of rotatable bonds is 2. The fourth-order valence-electron chi connectivity index (χ4n) is 1.66. The Bertz CT molecular complexity index is 509. The summed E-state index contributed by atoms with van der Waals surface area (Å²) in [6.45, 7) is 6.22. The van der Waals surface area contributed by atoms with Gasteiger partial charge in [0.15, 0.2) is 0 Å². The van der Waals surface area contributed by atoms with E-state index in [0.717, 1.165) is 15.5 Å². The SMILES string of the molecule is Cc1cc(C(Cl)c2scc(C)c2Cl)c(C)s1. The van der Waals surface area contributed by atoms with Crippen molar-refractivity contribution in [1.29, 1.82) is 0 Å². The first-order valence-corrected chi connectivity index (χ1v) is 7.46. The molecule has 0 aliphatic heterocycles. The molecule has 2 aromatic rings. The van der Waals surface area contributed by atoms with E-state index in [2.05, 4.69) is 25.3 Å². The largest absolute Gasteiger partial charge is 0.146 e. The first-order valence-electron chi connectivity index (χ1n) is 4.95. The van der Waals surface area contributed by atoms with Crippen LogP contribution in [-0.4, -0.2) is 0 Å². The second kappa shape index (κ2) is 4.69. The highest BCUT2D eigenvalue weighted by Gasteiger charge is 2.20. The van der Waals surface area contributed by atoms with Gasteiger partial charge in [0.05, 0.1) is 10.4 Å². The molecule has 0 bridgehead atoms. The minimum absolute atomic E-state index is 0.115. The fourth-order valence-corrected chi connectivity index (χ4v) is 4.53. The predicted molar refractivity (Wildman–Crippen MR) is 75.6 cm³/mol. The van der Waals surface area contributed by atoms with E-state index in [1.807, 2.05) is 6.92 Å². The van der Waals surface area contributed by atoms with Gasteiger partial charge in [-0.05, 0) is 43.3 Å². The highest BCUT2D eigenvalue weighted by molar-refractivity contribution is 7.12. The summed E-state index contributed by atoms with van der Waals surface area (Å²) in [5.41, 5.74) is 2.30. The van der Waals surface area contributed by atoms with Gasteiger partial charge in [-0.3, -0.25) is 0 Å².